The second-order valence-corrected chi connectivity index (χ2v) is 17.9. The predicted molar refractivity (Wildman–Crippen MR) is 221 cm³/mol. The number of aliphatic hydroxyl groups excluding tert-OH is 1. The van der Waals surface area contributed by atoms with Crippen molar-refractivity contribution in [3.05, 3.63) is 119 Å². The van der Waals surface area contributed by atoms with Gasteiger partial charge < -0.3 is 38.6 Å². The number of imide groups is 1. The molecule has 0 spiro atoms. The van der Waals surface area contributed by atoms with Crippen LogP contribution >= 0.6 is 0 Å². The summed E-state index contributed by atoms with van der Waals surface area (Å²) in [5, 5.41) is 25.9. The Morgan fingerprint density at radius 1 is 0.797 bits per heavy atom. The van der Waals surface area contributed by atoms with Crippen LogP contribution in [0.3, 0.4) is 0 Å². The normalized spacial score (nSPS) is 33.8. The summed E-state index contributed by atoms with van der Waals surface area (Å²) in [6.07, 6.45) is -11.4. The van der Waals surface area contributed by atoms with Crippen LogP contribution in [0.4, 0.5) is 4.79 Å². The Kier molecular flexibility index (Phi) is 11.2. The first-order valence-corrected chi connectivity index (χ1v) is 21.0. The lowest BCUT2D eigenvalue weighted by molar-refractivity contribution is -0.346. The topological polar surface area (TPSA) is 219 Å². The van der Waals surface area contributed by atoms with Crippen molar-refractivity contribution >= 4 is 41.7 Å². The van der Waals surface area contributed by atoms with E-state index in [0.717, 1.165) is 18.7 Å². The standard InChI is InChI=1S/C48H49NO15/c1-25-31(61-43(56)37-35(28-16-10-7-11-17-28)49(44(57)62-37)41(54)29-18-12-8-13-19-29)23-48(58)40(63-42(55)30-20-14-9-15-21-30)38-46(6,32(52)22-33-47(38,24-59-33)64-27(3)51)39(53)36(60-26(2)50)34(25)45(48,4)5/h7-21,31-33,35-38,40,52,58H,22-24H2,1-6H3/t31?,32?,33-,35+,36?,37-,38+,40+,46-,47+,48-/m1/s1. The van der Waals surface area contributed by atoms with Crippen molar-refractivity contribution in [3.8, 4) is 0 Å². The first-order chi connectivity index (χ1) is 30.3. The van der Waals surface area contributed by atoms with E-state index in [-0.39, 0.29) is 35.3 Å². The SMILES string of the molecule is CC(=O)OC1C(=O)[C@]2(C)C(O)C[C@H]3OC[C@@]3(OC(C)=O)[C@H]2[C@H](OC(=O)c2ccccc2)[C@]2(O)CC(OC(=O)[C@@H]3OC(=O)N(C(=O)c4ccccc4)[C@H]3c3ccccc3)C(C)=C1C2(C)C. The van der Waals surface area contributed by atoms with Gasteiger partial charge in [0.25, 0.3) is 5.91 Å². The third-order valence-electron chi connectivity index (χ3n) is 14.0. The number of hydrogen-bond acceptors (Lipinski definition) is 15. The zero-order valence-corrected chi connectivity index (χ0v) is 36.0. The molecule has 5 aliphatic rings. The lowest BCUT2D eigenvalue weighted by Gasteiger charge is -2.67. The molecule has 2 amide bonds. The van der Waals surface area contributed by atoms with Crippen LogP contribution in [-0.4, -0.2) is 111 Å². The number of ether oxygens (including phenoxy) is 6. The van der Waals surface area contributed by atoms with Gasteiger partial charge in [-0.25, -0.2) is 19.3 Å². The van der Waals surface area contributed by atoms with Crippen LogP contribution in [0, 0.1) is 16.7 Å². The lowest BCUT2D eigenvalue weighted by Crippen LogP contribution is -2.82. The van der Waals surface area contributed by atoms with Gasteiger partial charge in [0.15, 0.2) is 17.5 Å². The minimum absolute atomic E-state index is 0.00990. The molecule has 2 heterocycles. The highest BCUT2D eigenvalue weighted by Gasteiger charge is 2.78. The zero-order chi connectivity index (χ0) is 46.1. The smallest absolute Gasteiger partial charge is 0.418 e. The van der Waals surface area contributed by atoms with Crippen molar-refractivity contribution in [2.75, 3.05) is 6.61 Å². The number of ketones is 1. The van der Waals surface area contributed by atoms with E-state index in [9.17, 15) is 39.0 Å². The molecule has 2 saturated carbocycles. The van der Waals surface area contributed by atoms with Crippen LogP contribution in [0.5, 0.6) is 0 Å². The van der Waals surface area contributed by atoms with Crippen LogP contribution in [0.25, 0.3) is 0 Å². The van der Waals surface area contributed by atoms with Crippen LogP contribution in [-0.2, 0) is 47.6 Å². The van der Waals surface area contributed by atoms with Crippen LogP contribution in [0.15, 0.2) is 102 Å². The summed E-state index contributed by atoms with van der Waals surface area (Å²) >= 11 is 0. The van der Waals surface area contributed by atoms with Gasteiger partial charge in [0.2, 0.25) is 6.10 Å². The van der Waals surface area contributed by atoms with Crippen LogP contribution in [0.2, 0.25) is 0 Å². The molecule has 8 rings (SSSR count). The summed E-state index contributed by atoms with van der Waals surface area (Å²) in [5.41, 5.74) is -7.21. The van der Waals surface area contributed by atoms with E-state index >= 15 is 4.79 Å². The molecule has 3 unspecified atom stereocenters. The maximum atomic E-state index is 15.6. The molecule has 3 aliphatic carbocycles. The minimum atomic E-state index is -2.41. The number of carbonyl (C=O) groups excluding carboxylic acids is 7. The summed E-state index contributed by atoms with van der Waals surface area (Å²) in [6, 6.07) is 22.7. The van der Waals surface area contributed by atoms with E-state index in [1.165, 1.54) is 38.1 Å². The summed E-state index contributed by atoms with van der Waals surface area (Å²) < 4.78 is 36.2. The number of aliphatic hydroxyl groups is 2. The molecule has 64 heavy (non-hydrogen) atoms. The molecular weight excluding hydrogens is 831 g/mol. The van der Waals surface area contributed by atoms with Gasteiger partial charge in [-0.3, -0.25) is 19.2 Å². The second-order valence-electron chi connectivity index (χ2n) is 17.9. The summed E-state index contributed by atoms with van der Waals surface area (Å²) in [5.74, 6) is -6.94. The quantitative estimate of drug-likeness (QED) is 0.179. The van der Waals surface area contributed by atoms with E-state index in [4.69, 9.17) is 28.4 Å². The number of benzene rings is 3. The molecule has 4 fully saturated rings. The van der Waals surface area contributed by atoms with Gasteiger partial charge in [-0.05, 0) is 54.8 Å². The maximum absolute atomic E-state index is 15.6. The number of esters is 4. The van der Waals surface area contributed by atoms with E-state index in [0.29, 0.717) is 5.56 Å². The number of fused-ring (bicyclic) bond motifs is 5. The molecule has 2 aliphatic heterocycles. The van der Waals surface area contributed by atoms with Gasteiger partial charge in [0, 0.05) is 37.7 Å². The number of nitrogens with zero attached hydrogens (tertiary/aromatic N) is 1. The predicted octanol–water partition coefficient (Wildman–Crippen LogP) is 4.61. The van der Waals surface area contributed by atoms with Gasteiger partial charge in [-0.1, -0.05) is 80.6 Å². The number of Topliss-reactive ketones (excluding diaryl/α,β-unsaturated/α-hetero) is 1. The molecular formula is C48H49NO15. The molecule has 16 heteroatoms. The Bertz CT molecular complexity index is 2440. The van der Waals surface area contributed by atoms with E-state index in [2.05, 4.69) is 0 Å². The highest BCUT2D eigenvalue weighted by atomic mass is 16.6. The average molecular weight is 880 g/mol. The maximum Gasteiger partial charge on any atom is 0.418 e. The number of hydrogen-bond donors (Lipinski definition) is 2. The van der Waals surface area contributed by atoms with Crippen molar-refractivity contribution in [2.45, 2.75) is 108 Å². The highest BCUT2D eigenvalue weighted by molar-refractivity contribution is 6.05. The van der Waals surface area contributed by atoms with E-state index in [1.807, 2.05) is 0 Å². The Morgan fingerprint density at radius 3 is 1.95 bits per heavy atom. The highest BCUT2D eigenvalue weighted by Crippen LogP contribution is 2.64. The van der Waals surface area contributed by atoms with Crippen molar-refractivity contribution in [1.82, 2.24) is 4.90 Å². The Labute approximate surface area is 368 Å². The molecule has 2 N–H and O–H groups in total. The molecule has 16 nitrogen and oxygen atoms in total. The van der Waals surface area contributed by atoms with Crippen molar-refractivity contribution in [2.24, 2.45) is 16.7 Å². The number of rotatable bonds is 8. The minimum Gasteiger partial charge on any atom is -0.455 e. The van der Waals surface area contributed by atoms with Gasteiger partial charge in [-0.15, -0.1) is 0 Å². The van der Waals surface area contributed by atoms with Crippen molar-refractivity contribution < 1.29 is 72.2 Å². The van der Waals surface area contributed by atoms with Gasteiger partial charge >= 0.3 is 30.0 Å². The molecule has 0 aromatic heterocycles. The van der Waals surface area contributed by atoms with Gasteiger partial charge in [0.1, 0.15) is 30.0 Å². The fourth-order valence-corrected chi connectivity index (χ4v) is 10.8. The monoisotopic (exact) mass is 879 g/mol. The molecule has 3 aromatic rings. The summed E-state index contributed by atoms with van der Waals surface area (Å²) in [4.78, 5) is 99.1. The number of cyclic esters (lactones) is 1. The Morgan fingerprint density at radius 2 is 1.39 bits per heavy atom. The summed E-state index contributed by atoms with van der Waals surface area (Å²) in [6.45, 7) is 7.95. The Balaban J connectivity index is 1.29. The summed E-state index contributed by atoms with van der Waals surface area (Å²) in [7, 11) is 0. The fraction of sp³-hybridized carbons (Fsp3) is 0.438. The van der Waals surface area contributed by atoms with Gasteiger partial charge in [0.05, 0.1) is 29.6 Å². The molecule has 2 saturated heterocycles. The lowest BCUT2D eigenvalue weighted by atomic mass is 9.44. The van der Waals surface area contributed by atoms with Gasteiger partial charge in [-0.2, -0.15) is 0 Å². The van der Waals surface area contributed by atoms with E-state index in [1.54, 1.807) is 80.6 Å². The fourth-order valence-electron chi connectivity index (χ4n) is 10.8. The third-order valence-corrected chi connectivity index (χ3v) is 14.0. The second kappa shape index (κ2) is 16.1. The molecule has 0 radical (unpaired) electrons. The first-order valence-electron chi connectivity index (χ1n) is 21.0. The Hall–Kier alpha value is -6.23. The first kappa shape index (κ1) is 44.4. The molecule has 11 atom stereocenters. The third kappa shape index (κ3) is 6.81. The van der Waals surface area contributed by atoms with Crippen LogP contribution < -0.4 is 0 Å². The van der Waals surface area contributed by atoms with Crippen LogP contribution in [0.1, 0.15) is 86.7 Å². The molecule has 3 aromatic carbocycles. The zero-order valence-electron chi connectivity index (χ0n) is 36.0. The number of amides is 2. The average Bonchev–Trinajstić information content (AvgIpc) is 3.61. The molecule has 336 valence electrons. The van der Waals surface area contributed by atoms with Crippen molar-refractivity contribution in [1.29, 1.82) is 0 Å². The van der Waals surface area contributed by atoms with Crippen molar-refractivity contribution in [3.63, 3.8) is 0 Å². The van der Waals surface area contributed by atoms with E-state index < -0.39 is 119 Å². The number of carbonyl (C=O) groups is 7. The molecule has 2 bridgehead atoms. The largest absolute Gasteiger partial charge is 0.455 e.